The molecule has 1 aromatic heterocycles. The molecule has 2 heterocycles. The highest BCUT2D eigenvalue weighted by Crippen LogP contribution is 2.59. The van der Waals surface area contributed by atoms with Crippen molar-refractivity contribution >= 4 is 0 Å². The quantitative estimate of drug-likeness (QED) is 0.181. The minimum absolute atomic E-state index is 0.123. The maximum Gasteiger partial charge on any atom is 0.178 e. The first-order valence-corrected chi connectivity index (χ1v) is 17.9. The zero-order valence-corrected chi connectivity index (χ0v) is 29.2. The molecule has 8 aromatic rings. The topological polar surface area (TPSA) is 57.1 Å². The van der Waals surface area contributed by atoms with Gasteiger partial charge in [0, 0.05) is 33.2 Å². The molecule has 0 radical (unpaired) electrons. The van der Waals surface area contributed by atoms with E-state index in [2.05, 4.69) is 123 Å². The van der Waals surface area contributed by atoms with Gasteiger partial charge in [0.25, 0.3) is 0 Å². The van der Waals surface area contributed by atoms with E-state index in [-0.39, 0.29) is 5.41 Å². The number of para-hydroxylation sites is 1. The van der Waals surface area contributed by atoms with Gasteiger partial charge in [-0.3, -0.25) is 0 Å². The molecule has 0 bridgehead atoms. The van der Waals surface area contributed by atoms with Crippen molar-refractivity contribution in [3.8, 4) is 90.5 Å². The molecule has 1 aliphatic carbocycles. The molecule has 252 valence electrons. The normalized spacial score (nSPS) is 13.2. The summed E-state index contributed by atoms with van der Waals surface area (Å²) < 4.78 is 13.4. The summed E-state index contributed by atoms with van der Waals surface area (Å²) in [6, 6.07) is 56.0. The first kappa shape index (κ1) is 30.9. The molecule has 0 fully saturated rings. The Morgan fingerprint density at radius 2 is 0.830 bits per heavy atom. The Kier molecular flexibility index (Phi) is 7.08. The minimum Gasteiger partial charge on any atom is -0.449 e. The number of hydrogen-bond donors (Lipinski definition) is 0. The third kappa shape index (κ3) is 5.20. The van der Waals surface area contributed by atoms with Crippen molar-refractivity contribution in [2.45, 2.75) is 19.3 Å². The summed E-state index contributed by atoms with van der Waals surface area (Å²) in [4.78, 5) is 14.9. The second-order valence-electron chi connectivity index (χ2n) is 14.0. The lowest BCUT2D eigenvalue weighted by Gasteiger charge is -2.26. The van der Waals surface area contributed by atoms with Crippen LogP contribution < -0.4 is 9.47 Å². The van der Waals surface area contributed by atoms with Gasteiger partial charge in [-0.15, -0.1) is 0 Å². The Hall–Kier alpha value is -6.85. The largest absolute Gasteiger partial charge is 0.449 e. The Labute approximate surface area is 308 Å². The molecule has 7 aromatic carbocycles. The van der Waals surface area contributed by atoms with Crippen LogP contribution in [0.1, 0.15) is 25.0 Å². The summed E-state index contributed by atoms with van der Waals surface area (Å²) in [5, 5.41) is 0. The van der Waals surface area contributed by atoms with Crippen LogP contribution in [0, 0.1) is 0 Å². The molecule has 53 heavy (non-hydrogen) atoms. The van der Waals surface area contributed by atoms with E-state index in [1.807, 2.05) is 54.6 Å². The minimum atomic E-state index is -0.123. The molecule has 0 saturated carbocycles. The van der Waals surface area contributed by atoms with E-state index in [0.717, 1.165) is 50.4 Å². The number of fused-ring (bicyclic) bond motifs is 6. The molecule has 0 spiro atoms. The fourth-order valence-corrected chi connectivity index (χ4v) is 7.67. The van der Waals surface area contributed by atoms with Gasteiger partial charge in [0.15, 0.2) is 40.5 Å². The van der Waals surface area contributed by atoms with Crippen molar-refractivity contribution in [1.82, 2.24) is 15.0 Å². The highest BCUT2D eigenvalue weighted by atomic mass is 16.6. The summed E-state index contributed by atoms with van der Waals surface area (Å²) >= 11 is 0. The molecule has 0 atom stereocenters. The average Bonchev–Trinajstić information content (AvgIpc) is 3.46. The number of hydrogen-bond acceptors (Lipinski definition) is 5. The van der Waals surface area contributed by atoms with Gasteiger partial charge < -0.3 is 9.47 Å². The summed E-state index contributed by atoms with van der Waals surface area (Å²) in [5.74, 6) is 4.74. The molecule has 1 aliphatic heterocycles. The molecule has 0 saturated heterocycles. The fourth-order valence-electron chi connectivity index (χ4n) is 7.67. The lowest BCUT2D eigenvalue weighted by Crippen LogP contribution is -2.15. The number of rotatable bonds is 5. The summed E-state index contributed by atoms with van der Waals surface area (Å²) in [5.41, 5.74) is 11.7. The molecule has 0 amide bonds. The molecule has 0 N–H and O–H groups in total. The van der Waals surface area contributed by atoms with Crippen molar-refractivity contribution in [3.05, 3.63) is 175 Å². The van der Waals surface area contributed by atoms with Gasteiger partial charge in [-0.2, -0.15) is 0 Å². The zero-order chi connectivity index (χ0) is 35.5. The molecule has 5 heteroatoms. The smallest absolute Gasteiger partial charge is 0.178 e. The van der Waals surface area contributed by atoms with Crippen LogP contribution in [-0.4, -0.2) is 15.0 Å². The maximum atomic E-state index is 6.72. The van der Waals surface area contributed by atoms with Crippen LogP contribution >= 0.6 is 0 Å². The highest BCUT2D eigenvalue weighted by Gasteiger charge is 2.39. The summed E-state index contributed by atoms with van der Waals surface area (Å²) in [7, 11) is 0. The van der Waals surface area contributed by atoms with Gasteiger partial charge in [-0.25, -0.2) is 15.0 Å². The number of ether oxygens (including phenoxy) is 2. The van der Waals surface area contributed by atoms with Crippen LogP contribution in [-0.2, 0) is 5.41 Å². The number of benzene rings is 7. The van der Waals surface area contributed by atoms with Crippen molar-refractivity contribution < 1.29 is 9.47 Å². The SMILES string of the molecule is CC1(C)c2ccccc2-c2c1ccc1c2Oc2cccc(-c3ccc(-c4nc(-c5ccccc5)nc(-c5ccc(-c6ccccc6)cc5)n4)cc3)c2O1. The lowest BCUT2D eigenvalue weighted by atomic mass is 9.82. The van der Waals surface area contributed by atoms with Crippen molar-refractivity contribution in [2.75, 3.05) is 0 Å². The maximum absolute atomic E-state index is 6.72. The van der Waals surface area contributed by atoms with E-state index in [4.69, 9.17) is 24.4 Å². The second-order valence-corrected chi connectivity index (χ2v) is 14.0. The van der Waals surface area contributed by atoms with Crippen LogP contribution in [0.5, 0.6) is 23.0 Å². The van der Waals surface area contributed by atoms with Gasteiger partial charge in [0.05, 0.1) is 0 Å². The van der Waals surface area contributed by atoms with Gasteiger partial charge >= 0.3 is 0 Å². The van der Waals surface area contributed by atoms with Gasteiger partial charge in [0.2, 0.25) is 0 Å². The van der Waals surface area contributed by atoms with Gasteiger partial charge in [-0.1, -0.05) is 166 Å². The average molecular weight is 684 g/mol. The third-order valence-electron chi connectivity index (χ3n) is 10.4. The molecule has 5 nitrogen and oxygen atoms in total. The van der Waals surface area contributed by atoms with E-state index in [0.29, 0.717) is 29.0 Å². The monoisotopic (exact) mass is 683 g/mol. The molecular weight excluding hydrogens is 651 g/mol. The van der Waals surface area contributed by atoms with Gasteiger partial charge in [-0.05, 0) is 45.5 Å². The van der Waals surface area contributed by atoms with E-state index in [1.54, 1.807) is 0 Å². The first-order chi connectivity index (χ1) is 26.0. The highest BCUT2D eigenvalue weighted by molar-refractivity contribution is 5.89. The Bertz CT molecular complexity index is 2670. The molecular formula is C48H33N3O2. The van der Waals surface area contributed by atoms with Crippen LogP contribution in [0.25, 0.3) is 67.5 Å². The fraction of sp³-hybridized carbons (Fsp3) is 0.0625. The lowest BCUT2D eigenvalue weighted by molar-refractivity contribution is 0.361. The standard InChI is InChI=1S/C48H33N3O2/c1-48(2)38-18-10-9-16-37(38)42-39(48)28-29-41-44(42)53-40-19-11-17-36(43(40)52-41)32-22-26-35(27-23-32)47-50-45(33-14-7-4-8-15-33)49-46(51-47)34-24-20-31(21-25-34)30-12-5-3-6-13-30/h3-29H,1-2H3. The Balaban J connectivity index is 0.998. The van der Waals surface area contributed by atoms with E-state index >= 15 is 0 Å². The molecule has 0 unspecified atom stereocenters. The van der Waals surface area contributed by atoms with Crippen LogP contribution in [0.3, 0.4) is 0 Å². The predicted molar refractivity (Wildman–Crippen MR) is 211 cm³/mol. The van der Waals surface area contributed by atoms with Gasteiger partial charge in [0.1, 0.15) is 0 Å². The van der Waals surface area contributed by atoms with Crippen LogP contribution in [0.4, 0.5) is 0 Å². The van der Waals surface area contributed by atoms with E-state index in [9.17, 15) is 0 Å². The van der Waals surface area contributed by atoms with Crippen molar-refractivity contribution in [3.63, 3.8) is 0 Å². The Morgan fingerprint density at radius 3 is 1.49 bits per heavy atom. The number of nitrogens with zero attached hydrogens (tertiary/aromatic N) is 3. The zero-order valence-electron chi connectivity index (χ0n) is 29.2. The first-order valence-electron chi connectivity index (χ1n) is 17.9. The van der Waals surface area contributed by atoms with Crippen LogP contribution in [0.2, 0.25) is 0 Å². The predicted octanol–water partition coefficient (Wildman–Crippen LogP) is 12.4. The Morgan fingerprint density at radius 1 is 0.358 bits per heavy atom. The summed E-state index contributed by atoms with van der Waals surface area (Å²) in [6.45, 7) is 4.54. The van der Waals surface area contributed by atoms with Crippen molar-refractivity contribution in [1.29, 1.82) is 0 Å². The van der Waals surface area contributed by atoms with E-state index in [1.165, 1.54) is 22.3 Å². The summed E-state index contributed by atoms with van der Waals surface area (Å²) in [6.07, 6.45) is 0. The van der Waals surface area contributed by atoms with Crippen molar-refractivity contribution in [2.24, 2.45) is 0 Å². The molecule has 10 rings (SSSR count). The van der Waals surface area contributed by atoms with Crippen LogP contribution in [0.15, 0.2) is 164 Å². The third-order valence-corrected chi connectivity index (χ3v) is 10.4. The van der Waals surface area contributed by atoms with E-state index < -0.39 is 0 Å². The second kappa shape index (κ2) is 12.1. The molecule has 2 aliphatic rings. The number of aromatic nitrogens is 3.